The van der Waals surface area contributed by atoms with Gasteiger partial charge in [-0.2, -0.15) is 0 Å². The Hall–Kier alpha value is -3.00. The number of fused-ring (bicyclic) bond motifs is 1. The summed E-state index contributed by atoms with van der Waals surface area (Å²) in [7, 11) is 0. The van der Waals surface area contributed by atoms with Crippen molar-refractivity contribution in [2.45, 2.75) is 6.92 Å². The molecule has 1 N–H and O–H groups in total. The Labute approximate surface area is 156 Å². The van der Waals surface area contributed by atoms with Crippen LogP contribution in [0.15, 0.2) is 46.9 Å². The quantitative estimate of drug-likeness (QED) is 0.773. The molecule has 2 aromatic rings. The van der Waals surface area contributed by atoms with E-state index in [-0.39, 0.29) is 29.0 Å². The monoisotopic (exact) mass is 416 g/mol. The van der Waals surface area contributed by atoms with Crippen LogP contribution in [0.25, 0.3) is 0 Å². The molecular weight excluding hydrogens is 404 g/mol. The van der Waals surface area contributed by atoms with E-state index in [4.69, 9.17) is 5.11 Å². The van der Waals surface area contributed by atoms with Gasteiger partial charge in [0.25, 0.3) is 11.8 Å². The van der Waals surface area contributed by atoms with Crippen molar-refractivity contribution in [3.63, 3.8) is 0 Å². The molecule has 0 saturated carbocycles. The Kier molecular flexibility index (Phi) is 4.60. The van der Waals surface area contributed by atoms with E-state index in [9.17, 15) is 19.2 Å². The van der Waals surface area contributed by atoms with E-state index in [2.05, 4.69) is 15.9 Å². The van der Waals surface area contributed by atoms with Crippen LogP contribution in [0.2, 0.25) is 0 Å². The maximum Gasteiger partial charge on any atom is 0.335 e. The molecule has 0 bridgehead atoms. The van der Waals surface area contributed by atoms with Crippen molar-refractivity contribution in [2.24, 2.45) is 0 Å². The second-order valence-corrected chi connectivity index (χ2v) is 6.59. The third-order valence-electron chi connectivity index (χ3n) is 4.00. The smallest absolute Gasteiger partial charge is 0.335 e. The molecule has 0 fully saturated rings. The van der Waals surface area contributed by atoms with E-state index >= 15 is 0 Å². The summed E-state index contributed by atoms with van der Waals surface area (Å²) in [6.07, 6.45) is 0. The molecule has 1 heterocycles. The number of halogens is 1. The maximum atomic E-state index is 12.6. The SMILES string of the molecule is CC(=O)N(CN1C(=O)c2ccc(Br)cc2C1=O)c1cccc(C(=O)O)c1. The fourth-order valence-electron chi connectivity index (χ4n) is 2.70. The minimum absolute atomic E-state index is 0.0000386. The Morgan fingerprint density at radius 3 is 2.42 bits per heavy atom. The van der Waals surface area contributed by atoms with Gasteiger partial charge in [0.2, 0.25) is 5.91 Å². The first-order valence-electron chi connectivity index (χ1n) is 7.57. The predicted octanol–water partition coefficient (Wildman–Crippen LogP) is 2.75. The fraction of sp³-hybridized carbons (Fsp3) is 0.111. The van der Waals surface area contributed by atoms with E-state index in [1.54, 1.807) is 24.3 Å². The highest BCUT2D eigenvalue weighted by Gasteiger charge is 2.37. The largest absolute Gasteiger partial charge is 0.478 e. The summed E-state index contributed by atoms with van der Waals surface area (Å²) in [6.45, 7) is 0.977. The van der Waals surface area contributed by atoms with Gasteiger partial charge in [-0.15, -0.1) is 0 Å². The van der Waals surface area contributed by atoms with Crippen molar-refractivity contribution in [2.75, 3.05) is 11.6 Å². The van der Waals surface area contributed by atoms with Crippen LogP contribution >= 0.6 is 15.9 Å². The number of hydrogen-bond donors (Lipinski definition) is 1. The number of carboxylic acid groups (broad SMARTS) is 1. The molecule has 3 amide bonds. The normalized spacial score (nSPS) is 12.9. The summed E-state index contributed by atoms with van der Waals surface area (Å²) in [6, 6.07) is 10.5. The number of imide groups is 1. The molecule has 0 spiro atoms. The van der Waals surface area contributed by atoms with Gasteiger partial charge in [-0.3, -0.25) is 24.2 Å². The number of benzene rings is 2. The summed E-state index contributed by atoms with van der Waals surface area (Å²) in [5.41, 5.74) is 0.809. The number of amides is 3. The van der Waals surface area contributed by atoms with Crippen LogP contribution in [0, 0.1) is 0 Å². The number of carbonyl (C=O) groups is 4. The van der Waals surface area contributed by atoms with Crippen molar-refractivity contribution < 1.29 is 24.3 Å². The van der Waals surface area contributed by atoms with Gasteiger partial charge >= 0.3 is 5.97 Å². The average molecular weight is 417 g/mol. The van der Waals surface area contributed by atoms with Crippen molar-refractivity contribution in [1.29, 1.82) is 0 Å². The number of hydrogen-bond acceptors (Lipinski definition) is 4. The molecule has 3 rings (SSSR count). The van der Waals surface area contributed by atoms with Crippen molar-refractivity contribution in [3.05, 3.63) is 63.6 Å². The summed E-state index contributed by atoms with van der Waals surface area (Å²) in [5.74, 6) is -2.57. The zero-order chi connectivity index (χ0) is 19.0. The van der Waals surface area contributed by atoms with Crippen molar-refractivity contribution in [3.8, 4) is 0 Å². The van der Waals surface area contributed by atoms with E-state index in [0.717, 1.165) is 4.90 Å². The molecule has 0 unspecified atom stereocenters. The zero-order valence-electron chi connectivity index (χ0n) is 13.6. The van der Waals surface area contributed by atoms with Crippen LogP contribution in [0.1, 0.15) is 38.0 Å². The number of nitrogens with zero attached hydrogens (tertiary/aromatic N) is 2. The molecule has 1 aliphatic rings. The van der Waals surface area contributed by atoms with Gasteiger partial charge in [0.05, 0.1) is 16.7 Å². The second kappa shape index (κ2) is 6.72. The van der Waals surface area contributed by atoms with Crippen LogP contribution < -0.4 is 4.90 Å². The van der Waals surface area contributed by atoms with Crippen molar-refractivity contribution in [1.82, 2.24) is 4.90 Å². The first-order valence-corrected chi connectivity index (χ1v) is 8.36. The molecule has 0 radical (unpaired) electrons. The van der Waals surface area contributed by atoms with E-state index in [1.165, 1.54) is 30.0 Å². The molecule has 0 atom stereocenters. The maximum absolute atomic E-state index is 12.6. The van der Waals surface area contributed by atoms with Crippen LogP contribution in [-0.4, -0.2) is 40.4 Å². The third kappa shape index (κ3) is 3.11. The molecule has 0 saturated heterocycles. The summed E-state index contributed by atoms with van der Waals surface area (Å²) < 4.78 is 0.664. The summed E-state index contributed by atoms with van der Waals surface area (Å²) in [5, 5.41) is 9.12. The summed E-state index contributed by atoms with van der Waals surface area (Å²) >= 11 is 3.26. The zero-order valence-corrected chi connectivity index (χ0v) is 15.2. The van der Waals surface area contributed by atoms with Gasteiger partial charge in [-0.05, 0) is 36.4 Å². The lowest BCUT2D eigenvalue weighted by molar-refractivity contribution is -0.116. The second-order valence-electron chi connectivity index (χ2n) is 5.67. The highest BCUT2D eigenvalue weighted by Crippen LogP contribution is 2.27. The topological polar surface area (TPSA) is 95.0 Å². The molecule has 8 heteroatoms. The highest BCUT2D eigenvalue weighted by atomic mass is 79.9. The standard InChI is InChI=1S/C18H13BrN2O5/c1-10(22)20(13-4-2-3-11(7-13)18(25)26)9-21-16(23)14-6-5-12(19)8-15(14)17(21)24/h2-8H,9H2,1H3,(H,25,26). The Morgan fingerprint density at radius 1 is 1.08 bits per heavy atom. The van der Waals surface area contributed by atoms with E-state index < -0.39 is 23.7 Å². The van der Waals surface area contributed by atoms with Crippen molar-refractivity contribution >= 4 is 45.3 Å². The Balaban J connectivity index is 1.94. The molecule has 7 nitrogen and oxygen atoms in total. The lowest BCUT2D eigenvalue weighted by Gasteiger charge is -2.26. The molecule has 0 aromatic heterocycles. The summed E-state index contributed by atoms with van der Waals surface area (Å²) in [4.78, 5) is 50.5. The molecule has 132 valence electrons. The Morgan fingerprint density at radius 2 is 1.77 bits per heavy atom. The third-order valence-corrected chi connectivity index (χ3v) is 4.49. The van der Waals surface area contributed by atoms with E-state index in [0.29, 0.717) is 4.47 Å². The lowest BCUT2D eigenvalue weighted by Crippen LogP contribution is -2.43. The number of carboxylic acids is 1. The van der Waals surface area contributed by atoms with Gasteiger partial charge in [0.1, 0.15) is 6.67 Å². The predicted molar refractivity (Wildman–Crippen MR) is 96.1 cm³/mol. The fourth-order valence-corrected chi connectivity index (χ4v) is 3.06. The molecule has 26 heavy (non-hydrogen) atoms. The van der Waals surface area contributed by atoms with Crippen LogP contribution in [0.3, 0.4) is 0 Å². The molecule has 0 aliphatic carbocycles. The minimum Gasteiger partial charge on any atom is -0.478 e. The van der Waals surface area contributed by atoms with Gasteiger partial charge < -0.3 is 5.11 Å². The van der Waals surface area contributed by atoms with Crippen LogP contribution in [0.5, 0.6) is 0 Å². The average Bonchev–Trinajstić information content (AvgIpc) is 2.83. The van der Waals surface area contributed by atoms with Gasteiger partial charge in [-0.1, -0.05) is 22.0 Å². The molecule has 2 aromatic carbocycles. The van der Waals surface area contributed by atoms with Gasteiger partial charge in [0, 0.05) is 17.1 Å². The Bertz CT molecular complexity index is 956. The minimum atomic E-state index is -1.14. The molecular formula is C18H13BrN2O5. The first-order chi connectivity index (χ1) is 12.3. The van der Waals surface area contributed by atoms with Crippen LogP contribution in [-0.2, 0) is 4.79 Å². The van der Waals surface area contributed by atoms with Gasteiger partial charge in [0.15, 0.2) is 0 Å². The number of anilines is 1. The van der Waals surface area contributed by atoms with E-state index in [1.807, 2.05) is 0 Å². The van der Waals surface area contributed by atoms with Crippen LogP contribution in [0.4, 0.5) is 5.69 Å². The number of rotatable bonds is 4. The highest BCUT2D eigenvalue weighted by molar-refractivity contribution is 9.10. The lowest BCUT2D eigenvalue weighted by atomic mass is 10.1. The first kappa shape index (κ1) is 17.8. The molecule has 1 aliphatic heterocycles. The number of aromatic carboxylic acids is 1. The van der Waals surface area contributed by atoms with Gasteiger partial charge in [-0.25, -0.2) is 4.79 Å². The number of carbonyl (C=O) groups excluding carboxylic acids is 3.